The lowest BCUT2D eigenvalue weighted by molar-refractivity contribution is -0.138. The van der Waals surface area contributed by atoms with Crippen LogP contribution in [0.25, 0.3) is 22.4 Å². The van der Waals surface area contributed by atoms with E-state index in [-0.39, 0.29) is 11.5 Å². The number of para-hydroxylation sites is 2. The van der Waals surface area contributed by atoms with Gasteiger partial charge in [0.25, 0.3) is 5.56 Å². The number of benzene rings is 1. The number of rotatable bonds is 4. The van der Waals surface area contributed by atoms with Crippen molar-refractivity contribution in [1.29, 1.82) is 0 Å². The lowest BCUT2D eigenvalue weighted by atomic mass is 9.92. The van der Waals surface area contributed by atoms with Crippen molar-refractivity contribution >= 4 is 16.9 Å². The standard InChI is InChI=1S/C27H35N5O2/c1-19-15-22(18-30(3)26(19)33)25-28-23-8-4-5-9-24(23)32(25)17-20-7-6-12-31(16-20)27(34)21-10-13-29(2)14-11-21/h4-5,8-9,15,18,20-21H,6-7,10-14,16-17H2,1-3H3/t20-/m1/s1. The largest absolute Gasteiger partial charge is 0.342 e. The van der Waals surface area contributed by atoms with E-state index in [1.165, 1.54) is 0 Å². The molecule has 0 bridgehead atoms. The van der Waals surface area contributed by atoms with Crippen LogP contribution in [0.4, 0.5) is 0 Å². The first-order chi connectivity index (χ1) is 16.4. The van der Waals surface area contributed by atoms with Crippen molar-refractivity contribution < 1.29 is 4.79 Å². The molecule has 0 unspecified atom stereocenters. The van der Waals surface area contributed by atoms with Gasteiger partial charge in [-0.05, 0) is 76.9 Å². The van der Waals surface area contributed by atoms with E-state index in [1.807, 2.05) is 37.4 Å². The van der Waals surface area contributed by atoms with Crippen molar-refractivity contribution in [2.75, 3.05) is 33.2 Å². The van der Waals surface area contributed by atoms with Gasteiger partial charge in [0.15, 0.2) is 0 Å². The van der Waals surface area contributed by atoms with Crippen LogP contribution in [0.15, 0.2) is 41.3 Å². The molecule has 0 saturated carbocycles. The molecule has 34 heavy (non-hydrogen) atoms. The molecule has 2 aliphatic heterocycles. The zero-order valence-corrected chi connectivity index (χ0v) is 20.5. The van der Waals surface area contributed by atoms with Crippen molar-refractivity contribution in [1.82, 2.24) is 23.9 Å². The Balaban J connectivity index is 1.42. The Hall–Kier alpha value is -2.93. The lowest BCUT2D eigenvalue weighted by Gasteiger charge is -2.37. The third-order valence-electron chi connectivity index (χ3n) is 7.61. The molecule has 7 heteroatoms. The fraction of sp³-hybridized carbons (Fsp3) is 0.519. The van der Waals surface area contributed by atoms with Gasteiger partial charge in [-0.3, -0.25) is 9.59 Å². The Kier molecular flexibility index (Phi) is 6.30. The smallest absolute Gasteiger partial charge is 0.253 e. The van der Waals surface area contributed by atoms with E-state index < -0.39 is 0 Å². The summed E-state index contributed by atoms with van der Waals surface area (Å²) < 4.78 is 3.93. The topological polar surface area (TPSA) is 63.4 Å². The number of hydrogen-bond acceptors (Lipinski definition) is 4. The number of piperidine rings is 2. The molecule has 2 aliphatic rings. The number of carbonyl (C=O) groups is 1. The number of carbonyl (C=O) groups excluding carboxylic acids is 1. The highest BCUT2D eigenvalue weighted by molar-refractivity contribution is 5.81. The predicted molar refractivity (Wildman–Crippen MR) is 135 cm³/mol. The number of fused-ring (bicyclic) bond motifs is 1. The quantitative estimate of drug-likeness (QED) is 0.598. The zero-order chi connectivity index (χ0) is 23.8. The predicted octanol–water partition coefficient (Wildman–Crippen LogP) is 3.29. The van der Waals surface area contributed by atoms with Gasteiger partial charge in [-0.1, -0.05) is 12.1 Å². The molecule has 1 amide bonds. The molecular weight excluding hydrogens is 426 g/mol. The summed E-state index contributed by atoms with van der Waals surface area (Å²) >= 11 is 0. The van der Waals surface area contributed by atoms with Crippen molar-refractivity contribution in [3.8, 4) is 11.4 Å². The molecular formula is C27H35N5O2. The van der Waals surface area contributed by atoms with Gasteiger partial charge in [-0.15, -0.1) is 0 Å². The second-order valence-corrected chi connectivity index (χ2v) is 10.2. The normalized spacial score (nSPS) is 20.2. The summed E-state index contributed by atoms with van der Waals surface area (Å²) in [7, 11) is 3.93. The summed E-state index contributed by atoms with van der Waals surface area (Å²) in [6, 6.07) is 10.2. The number of amides is 1. The number of imidazole rings is 1. The van der Waals surface area contributed by atoms with E-state index in [4.69, 9.17) is 4.98 Å². The molecule has 180 valence electrons. The van der Waals surface area contributed by atoms with Gasteiger partial charge in [0.1, 0.15) is 5.82 Å². The highest BCUT2D eigenvalue weighted by Crippen LogP contribution is 2.29. The molecule has 3 aromatic rings. The zero-order valence-electron chi connectivity index (χ0n) is 20.5. The van der Waals surface area contributed by atoms with Gasteiger partial charge >= 0.3 is 0 Å². The van der Waals surface area contributed by atoms with E-state index in [0.29, 0.717) is 17.4 Å². The molecule has 0 N–H and O–H groups in total. The average Bonchev–Trinajstić information content (AvgIpc) is 3.21. The third kappa shape index (κ3) is 4.41. The lowest BCUT2D eigenvalue weighted by Crippen LogP contribution is -2.46. The minimum Gasteiger partial charge on any atom is -0.342 e. The van der Waals surface area contributed by atoms with Gasteiger partial charge in [0, 0.05) is 49.9 Å². The summed E-state index contributed by atoms with van der Waals surface area (Å²) in [5, 5.41) is 0. The van der Waals surface area contributed by atoms with Crippen LogP contribution in [-0.2, 0) is 18.4 Å². The van der Waals surface area contributed by atoms with Gasteiger partial charge in [-0.25, -0.2) is 4.98 Å². The maximum Gasteiger partial charge on any atom is 0.253 e. The summed E-state index contributed by atoms with van der Waals surface area (Å²) in [6.07, 6.45) is 5.97. The number of hydrogen-bond donors (Lipinski definition) is 0. The van der Waals surface area contributed by atoms with Crippen LogP contribution in [-0.4, -0.2) is 63.1 Å². The Morgan fingerprint density at radius 2 is 1.85 bits per heavy atom. The molecule has 2 saturated heterocycles. The fourth-order valence-electron chi connectivity index (χ4n) is 5.67. The molecule has 2 aromatic heterocycles. The van der Waals surface area contributed by atoms with E-state index in [1.54, 1.807) is 11.6 Å². The van der Waals surface area contributed by atoms with Crippen LogP contribution >= 0.6 is 0 Å². The van der Waals surface area contributed by atoms with Crippen molar-refractivity contribution in [3.63, 3.8) is 0 Å². The van der Waals surface area contributed by atoms with Gasteiger partial charge < -0.3 is 18.9 Å². The number of aromatic nitrogens is 3. The van der Waals surface area contributed by atoms with Crippen LogP contribution in [0.3, 0.4) is 0 Å². The maximum absolute atomic E-state index is 13.3. The van der Waals surface area contributed by atoms with Crippen molar-refractivity contribution in [2.24, 2.45) is 18.9 Å². The highest BCUT2D eigenvalue weighted by atomic mass is 16.2. The first kappa shape index (κ1) is 22.8. The third-order valence-corrected chi connectivity index (χ3v) is 7.61. The van der Waals surface area contributed by atoms with E-state index in [2.05, 4.69) is 27.5 Å². The fourth-order valence-corrected chi connectivity index (χ4v) is 5.67. The SMILES string of the molecule is Cc1cc(-c2nc3ccccc3n2C[C@@H]2CCCN(C(=O)C3CCN(C)CC3)C2)cn(C)c1=O. The number of nitrogens with zero attached hydrogens (tertiary/aromatic N) is 5. The number of aryl methyl sites for hydroxylation is 2. The van der Waals surface area contributed by atoms with Gasteiger partial charge in [0.2, 0.25) is 5.91 Å². The molecule has 7 nitrogen and oxygen atoms in total. The molecule has 1 atom stereocenters. The van der Waals surface area contributed by atoms with E-state index in [9.17, 15) is 9.59 Å². The van der Waals surface area contributed by atoms with Gasteiger partial charge in [-0.2, -0.15) is 0 Å². The van der Waals surface area contributed by atoms with E-state index in [0.717, 1.165) is 80.8 Å². The molecule has 0 spiro atoms. The van der Waals surface area contributed by atoms with Crippen LogP contribution < -0.4 is 5.56 Å². The monoisotopic (exact) mass is 461 g/mol. The van der Waals surface area contributed by atoms with Crippen LogP contribution in [0.2, 0.25) is 0 Å². The van der Waals surface area contributed by atoms with Crippen molar-refractivity contribution in [2.45, 2.75) is 39.2 Å². The molecule has 4 heterocycles. The Morgan fingerprint density at radius 1 is 1.09 bits per heavy atom. The van der Waals surface area contributed by atoms with Crippen LogP contribution in [0.1, 0.15) is 31.2 Å². The van der Waals surface area contributed by atoms with Crippen molar-refractivity contribution in [3.05, 3.63) is 52.4 Å². The molecule has 0 radical (unpaired) electrons. The molecule has 0 aliphatic carbocycles. The van der Waals surface area contributed by atoms with Crippen LogP contribution in [0.5, 0.6) is 0 Å². The van der Waals surface area contributed by atoms with Gasteiger partial charge in [0.05, 0.1) is 11.0 Å². The summed E-state index contributed by atoms with van der Waals surface area (Å²) in [6.45, 7) is 6.37. The van der Waals surface area contributed by atoms with E-state index >= 15 is 0 Å². The number of pyridine rings is 1. The first-order valence-corrected chi connectivity index (χ1v) is 12.5. The Labute approximate surface area is 201 Å². The second kappa shape index (κ2) is 9.37. The Bertz CT molecular complexity index is 1230. The summed E-state index contributed by atoms with van der Waals surface area (Å²) in [5.41, 5.74) is 3.74. The highest BCUT2D eigenvalue weighted by Gasteiger charge is 2.31. The average molecular weight is 462 g/mol. The molecule has 5 rings (SSSR count). The minimum atomic E-state index is 0.0155. The molecule has 2 fully saturated rings. The summed E-state index contributed by atoms with van der Waals surface area (Å²) in [4.78, 5) is 34.9. The second-order valence-electron chi connectivity index (χ2n) is 10.2. The Morgan fingerprint density at radius 3 is 2.62 bits per heavy atom. The summed E-state index contributed by atoms with van der Waals surface area (Å²) in [5.74, 6) is 1.79. The number of likely N-dealkylation sites (tertiary alicyclic amines) is 2. The minimum absolute atomic E-state index is 0.0155. The molecule has 1 aromatic carbocycles. The maximum atomic E-state index is 13.3. The first-order valence-electron chi connectivity index (χ1n) is 12.5. The van der Waals surface area contributed by atoms with Crippen LogP contribution in [0, 0.1) is 18.8 Å².